The molecule has 0 fully saturated rings. The summed E-state index contributed by atoms with van der Waals surface area (Å²) >= 11 is 5.88. The molecule has 0 amide bonds. The Morgan fingerprint density at radius 2 is 1.78 bits per heavy atom. The number of aryl methyl sites for hydroxylation is 1. The van der Waals surface area contributed by atoms with Crippen LogP contribution in [0.25, 0.3) is 5.53 Å². The molecule has 0 aliphatic rings. The van der Waals surface area contributed by atoms with E-state index in [2.05, 4.69) is 9.51 Å². The summed E-state index contributed by atoms with van der Waals surface area (Å²) in [5.74, 6) is -0.938. The van der Waals surface area contributed by atoms with Crippen molar-refractivity contribution in [2.24, 2.45) is 0 Å². The van der Waals surface area contributed by atoms with Crippen LogP contribution in [0.1, 0.15) is 24.1 Å². The molecule has 0 heterocycles. The van der Waals surface area contributed by atoms with Crippen LogP contribution < -0.4 is 4.72 Å². The molecule has 2 rings (SSSR count). The van der Waals surface area contributed by atoms with Gasteiger partial charge in [0.05, 0.1) is 11.5 Å². The summed E-state index contributed by atoms with van der Waals surface area (Å²) in [6, 6.07) is 11.0. The van der Waals surface area contributed by atoms with Crippen LogP contribution in [-0.2, 0) is 19.6 Å². The molecule has 9 heteroatoms. The maximum absolute atomic E-state index is 12.8. The van der Waals surface area contributed by atoms with Crippen LogP contribution in [0.15, 0.2) is 53.4 Å². The van der Waals surface area contributed by atoms with Gasteiger partial charge in [0.1, 0.15) is 0 Å². The van der Waals surface area contributed by atoms with Crippen LogP contribution in [0, 0.1) is 6.92 Å². The molecule has 2 aromatic carbocycles. The second kappa shape index (κ2) is 8.92. The summed E-state index contributed by atoms with van der Waals surface area (Å²) in [6.07, 6.45) is 0. The Morgan fingerprint density at radius 1 is 1.19 bits per heavy atom. The Hall–Kier alpha value is -2.51. The molecule has 1 unspecified atom stereocenters. The Kier molecular flexibility index (Phi) is 6.87. The average molecular weight is 408 g/mol. The van der Waals surface area contributed by atoms with Gasteiger partial charge in [-0.2, -0.15) is 9.51 Å². The zero-order valence-electron chi connectivity index (χ0n) is 14.7. The van der Waals surface area contributed by atoms with Crippen molar-refractivity contribution in [3.05, 3.63) is 70.2 Å². The number of sulfonamides is 1. The predicted molar refractivity (Wildman–Crippen MR) is 101 cm³/mol. The predicted octanol–water partition coefficient (Wildman–Crippen LogP) is 2.90. The van der Waals surface area contributed by atoms with E-state index in [1.54, 1.807) is 19.1 Å². The molecular formula is C18H18ClN3O4S. The topological polar surface area (TPSA) is 109 Å². The molecule has 0 aliphatic carbocycles. The fourth-order valence-corrected chi connectivity index (χ4v) is 3.61. The normalized spacial score (nSPS) is 12.1. The molecule has 0 saturated heterocycles. The van der Waals surface area contributed by atoms with Crippen molar-refractivity contribution in [1.82, 2.24) is 4.72 Å². The Labute approximate surface area is 162 Å². The minimum Gasteiger partial charge on any atom is -0.457 e. The van der Waals surface area contributed by atoms with Crippen LogP contribution in [0.2, 0.25) is 5.02 Å². The molecule has 0 aromatic heterocycles. The van der Waals surface area contributed by atoms with Crippen molar-refractivity contribution in [3.8, 4) is 0 Å². The number of nitrogens with zero attached hydrogens (tertiary/aromatic N) is 2. The lowest BCUT2D eigenvalue weighted by Gasteiger charge is -2.15. The molecule has 0 aliphatic heterocycles. The van der Waals surface area contributed by atoms with E-state index < -0.39 is 27.7 Å². The molecule has 27 heavy (non-hydrogen) atoms. The van der Waals surface area contributed by atoms with Crippen LogP contribution in [0.3, 0.4) is 0 Å². The van der Waals surface area contributed by atoms with Gasteiger partial charge < -0.3 is 10.3 Å². The fraction of sp³-hybridized carbons (Fsp3) is 0.222. The number of esters is 1. The number of ether oxygens (including phenoxy) is 1. The van der Waals surface area contributed by atoms with Gasteiger partial charge in [-0.1, -0.05) is 41.4 Å². The molecular weight excluding hydrogens is 390 g/mol. The highest BCUT2D eigenvalue weighted by Gasteiger charge is 2.37. The van der Waals surface area contributed by atoms with Gasteiger partial charge in [-0.3, -0.25) is 0 Å². The van der Waals surface area contributed by atoms with Crippen molar-refractivity contribution in [2.75, 3.05) is 6.61 Å². The number of rotatable bonds is 7. The summed E-state index contributed by atoms with van der Waals surface area (Å²) < 4.78 is 32.8. The Bertz CT molecular complexity index is 967. The highest BCUT2D eigenvalue weighted by molar-refractivity contribution is 7.89. The Morgan fingerprint density at radius 3 is 2.30 bits per heavy atom. The van der Waals surface area contributed by atoms with Crippen LogP contribution in [0.4, 0.5) is 0 Å². The highest BCUT2D eigenvalue weighted by atomic mass is 35.5. The van der Waals surface area contributed by atoms with Gasteiger partial charge in [-0.05, 0) is 43.7 Å². The number of carbonyl (C=O) groups excluding carboxylic acids is 1. The van der Waals surface area contributed by atoms with Crippen LogP contribution in [0.5, 0.6) is 0 Å². The van der Waals surface area contributed by atoms with E-state index in [1.165, 1.54) is 36.4 Å². The van der Waals surface area contributed by atoms with Gasteiger partial charge >= 0.3 is 11.7 Å². The van der Waals surface area contributed by atoms with Crippen molar-refractivity contribution in [3.63, 3.8) is 0 Å². The van der Waals surface area contributed by atoms with Crippen molar-refractivity contribution in [1.29, 1.82) is 0 Å². The number of nitrogens with one attached hydrogen (secondary N) is 1. The van der Waals surface area contributed by atoms with Crippen molar-refractivity contribution >= 4 is 33.3 Å². The lowest BCUT2D eigenvalue weighted by atomic mass is 10.0. The second-order valence-corrected chi connectivity index (χ2v) is 7.78. The monoisotopic (exact) mass is 407 g/mol. The summed E-state index contributed by atoms with van der Waals surface area (Å²) in [7, 11) is -4.02. The molecule has 0 saturated carbocycles. The third-order valence-electron chi connectivity index (χ3n) is 3.67. The minimum atomic E-state index is -4.02. The quantitative estimate of drug-likeness (QED) is 0.329. The van der Waals surface area contributed by atoms with Crippen molar-refractivity contribution < 1.29 is 22.7 Å². The molecule has 0 spiro atoms. The summed E-state index contributed by atoms with van der Waals surface area (Å²) in [5.41, 5.74) is 10.1. The van der Waals surface area contributed by atoms with Gasteiger partial charge in [-0.15, -0.1) is 0 Å². The fourth-order valence-electron chi connectivity index (χ4n) is 2.30. The first kappa shape index (κ1) is 20.8. The maximum Gasteiger partial charge on any atom is 0.419 e. The van der Waals surface area contributed by atoms with E-state index >= 15 is 0 Å². The Balaban J connectivity index is 2.49. The van der Waals surface area contributed by atoms with E-state index in [1.807, 2.05) is 6.92 Å². The molecule has 142 valence electrons. The first-order valence-corrected chi connectivity index (χ1v) is 9.88. The maximum atomic E-state index is 12.8. The number of hydrogen-bond acceptors (Lipinski definition) is 4. The average Bonchev–Trinajstić information content (AvgIpc) is 2.63. The molecule has 0 radical (unpaired) electrons. The first-order chi connectivity index (χ1) is 12.8. The lowest BCUT2D eigenvalue weighted by molar-refractivity contribution is -0.140. The summed E-state index contributed by atoms with van der Waals surface area (Å²) in [5, 5.41) is 0.428. The zero-order valence-corrected chi connectivity index (χ0v) is 16.3. The standard InChI is InChI=1S/C18H18ClN3O4S/c1-3-26-18(23)17(21-20)16(13-6-8-14(19)9-7-13)22-27(24,25)15-10-4-12(2)5-11-15/h4-11,16,22H,3H2,1-2H3. The van der Waals surface area contributed by atoms with Gasteiger partial charge in [0.15, 0.2) is 6.04 Å². The number of hydrogen-bond donors (Lipinski definition) is 1. The van der Waals surface area contributed by atoms with E-state index in [0.29, 0.717) is 10.6 Å². The second-order valence-electron chi connectivity index (χ2n) is 5.62. The zero-order chi connectivity index (χ0) is 20.0. The van der Waals surface area contributed by atoms with Gasteiger partial charge in [0, 0.05) is 5.02 Å². The third-order valence-corrected chi connectivity index (χ3v) is 5.36. The number of benzene rings is 2. The van der Waals surface area contributed by atoms with E-state index in [-0.39, 0.29) is 11.5 Å². The minimum absolute atomic E-state index is 0.00760. The van der Waals surface area contributed by atoms with Crippen LogP contribution >= 0.6 is 11.6 Å². The van der Waals surface area contributed by atoms with Gasteiger partial charge in [-0.25, -0.2) is 13.2 Å². The summed E-state index contributed by atoms with van der Waals surface area (Å²) in [4.78, 5) is 15.1. The molecule has 0 bridgehead atoms. The van der Waals surface area contributed by atoms with E-state index in [0.717, 1.165) is 5.56 Å². The lowest BCUT2D eigenvalue weighted by Crippen LogP contribution is -2.38. The smallest absolute Gasteiger partial charge is 0.419 e. The third kappa shape index (κ3) is 5.24. The molecule has 1 atom stereocenters. The molecule has 7 nitrogen and oxygen atoms in total. The van der Waals surface area contributed by atoms with Crippen LogP contribution in [-0.4, -0.2) is 31.5 Å². The SMILES string of the molecule is CCOC(=O)C(=[N+]=[N-])C(NS(=O)(=O)c1ccc(C)cc1)c1ccc(Cl)cc1. The number of halogens is 1. The highest BCUT2D eigenvalue weighted by Crippen LogP contribution is 2.21. The van der Waals surface area contributed by atoms with Crippen molar-refractivity contribution in [2.45, 2.75) is 24.8 Å². The van der Waals surface area contributed by atoms with E-state index in [9.17, 15) is 18.7 Å². The largest absolute Gasteiger partial charge is 0.457 e. The van der Waals surface area contributed by atoms with E-state index in [4.69, 9.17) is 16.3 Å². The van der Waals surface area contributed by atoms with Gasteiger partial charge in [0.25, 0.3) is 0 Å². The number of carbonyl (C=O) groups is 1. The molecule has 2 aromatic rings. The first-order valence-electron chi connectivity index (χ1n) is 8.02. The van der Waals surface area contributed by atoms with Gasteiger partial charge in [0.2, 0.25) is 10.0 Å². The molecule has 1 N–H and O–H groups in total. The summed E-state index contributed by atoms with van der Waals surface area (Å²) in [6.45, 7) is 3.45.